The smallest absolute Gasteiger partial charge is 0.193 e. The summed E-state index contributed by atoms with van der Waals surface area (Å²) in [5.74, 6) is 1.93. The van der Waals surface area contributed by atoms with E-state index in [0.717, 1.165) is 37.9 Å². The summed E-state index contributed by atoms with van der Waals surface area (Å²) in [7, 11) is -3.02. The van der Waals surface area contributed by atoms with E-state index in [1.54, 1.807) is 0 Å². The lowest BCUT2D eigenvalue weighted by Gasteiger charge is -2.39. The number of rotatable bonds is 5. The molecular weight excluding hydrogens is 463 g/mol. The minimum atomic E-state index is -3.02. The number of piperidine rings is 1. The van der Waals surface area contributed by atoms with Crippen molar-refractivity contribution in [3.8, 4) is 0 Å². The van der Waals surface area contributed by atoms with E-state index in [-0.39, 0.29) is 29.7 Å². The van der Waals surface area contributed by atoms with Crippen LogP contribution in [0.2, 0.25) is 0 Å². The Balaban J connectivity index is 0.00000338. The van der Waals surface area contributed by atoms with Crippen molar-refractivity contribution < 1.29 is 8.42 Å². The Morgan fingerprint density at radius 3 is 2.46 bits per heavy atom. The highest BCUT2D eigenvalue weighted by molar-refractivity contribution is 14.0. The second kappa shape index (κ2) is 10.5. The fourth-order valence-electron chi connectivity index (χ4n) is 3.52. The van der Waals surface area contributed by atoms with Gasteiger partial charge in [-0.1, -0.05) is 6.92 Å². The van der Waals surface area contributed by atoms with Crippen LogP contribution in [0, 0.1) is 5.92 Å². The average molecular weight is 500 g/mol. The first kappa shape index (κ1) is 23.9. The predicted molar refractivity (Wildman–Crippen MR) is 120 cm³/mol. The Kier molecular flexibility index (Phi) is 9.63. The standard InChI is InChI=1S/C18H36N4O2S.HI/c1-5-19-17(22-13-14-25(23,24)18(3,4)15-22)20-9-6-10-21-11-7-16(2)8-12-21;/h16H,5-15H2,1-4H3,(H,19,20);1H. The van der Waals surface area contributed by atoms with Crippen molar-refractivity contribution >= 4 is 39.8 Å². The van der Waals surface area contributed by atoms with E-state index in [9.17, 15) is 8.42 Å². The van der Waals surface area contributed by atoms with Crippen molar-refractivity contribution in [1.29, 1.82) is 0 Å². The molecule has 1 N–H and O–H groups in total. The Morgan fingerprint density at radius 1 is 1.23 bits per heavy atom. The summed E-state index contributed by atoms with van der Waals surface area (Å²) in [5, 5.41) is 3.33. The normalized spacial score (nSPS) is 24.2. The Bertz CT molecular complexity index is 558. The summed E-state index contributed by atoms with van der Waals surface area (Å²) in [5.41, 5.74) is 0. The van der Waals surface area contributed by atoms with Gasteiger partial charge in [-0.15, -0.1) is 24.0 Å². The zero-order valence-electron chi connectivity index (χ0n) is 16.8. The van der Waals surface area contributed by atoms with E-state index >= 15 is 0 Å². The molecule has 0 radical (unpaired) electrons. The molecule has 26 heavy (non-hydrogen) atoms. The third kappa shape index (κ3) is 6.51. The first-order valence-electron chi connectivity index (χ1n) is 9.73. The number of halogens is 1. The van der Waals surface area contributed by atoms with Crippen LogP contribution < -0.4 is 5.32 Å². The van der Waals surface area contributed by atoms with E-state index in [0.29, 0.717) is 13.1 Å². The molecule has 6 nitrogen and oxygen atoms in total. The van der Waals surface area contributed by atoms with Gasteiger partial charge >= 0.3 is 0 Å². The van der Waals surface area contributed by atoms with Crippen LogP contribution in [0.1, 0.15) is 47.0 Å². The molecule has 2 heterocycles. The molecular formula is C18H37IN4O2S. The van der Waals surface area contributed by atoms with Gasteiger partial charge in [0.2, 0.25) is 0 Å². The van der Waals surface area contributed by atoms with Crippen molar-refractivity contribution in [1.82, 2.24) is 15.1 Å². The number of guanidine groups is 1. The molecule has 2 rings (SSSR count). The van der Waals surface area contributed by atoms with Gasteiger partial charge in [0, 0.05) is 26.2 Å². The van der Waals surface area contributed by atoms with Gasteiger partial charge in [-0.25, -0.2) is 8.42 Å². The number of nitrogens with zero attached hydrogens (tertiary/aromatic N) is 3. The second-order valence-corrected chi connectivity index (χ2v) is 10.9. The highest BCUT2D eigenvalue weighted by atomic mass is 127. The first-order valence-corrected chi connectivity index (χ1v) is 11.4. The Morgan fingerprint density at radius 2 is 1.88 bits per heavy atom. The van der Waals surface area contributed by atoms with Crippen LogP contribution in [-0.2, 0) is 9.84 Å². The molecule has 0 spiro atoms. The number of nitrogens with one attached hydrogen (secondary N) is 1. The molecule has 0 aromatic rings. The summed E-state index contributed by atoms with van der Waals surface area (Å²) < 4.78 is 23.7. The fourth-order valence-corrected chi connectivity index (χ4v) is 4.88. The summed E-state index contributed by atoms with van der Waals surface area (Å²) in [6.45, 7) is 14.2. The highest BCUT2D eigenvalue weighted by Crippen LogP contribution is 2.23. The van der Waals surface area contributed by atoms with Gasteiger partial charge in [-0.05, 0) is 65.6 Å². The quantitative estimate of drug-likeness (QED) is 0.272. The van der Waals surface area contributed by atoms with Gasteiger partial charge in [0.1, 0.15) is 0 Å². The molecule has 8 heteroatoms. The lowest BCUT2D eigenvalue weighted by molar-refractivity contribution is 0.191. The molecule has 0 amide bonds. The highest BCUT2D eigenvalue weighted by Gasteiger charge is 2.40. The van der Waals surface area contributed by atoms with E-state index in [1.165, 1.54) is 25.9 Å². The van der Waals surface area contributed by atoms with Gasteiger partial charge in [0.05, 0.1) is 10.5 Å². The number of likely N-dealkylation sites (tertiary alicyclic amines) is 1. The molecule has 2 aliphatic rings. The molecule has 2 aliphatic heterocycles. The molecule has 0 bridgehead atoms. The minimum Gasteiger partial charge on any atom is -0.357 e. The molecule has 2 saturated heterocycles. The largest absolute Gasteiger partial charge is 0.357 e. The predicted octanol–water partition coefficient (Wildman–Crippen LogP) is 2.20. The molecule has 0 aromatic carbocycles. The molecule has 0 unspecified atom stereocenters. The second-order valence-electron chi connectivity index (χ2n) is 8.11. The van der Waals surface area contributed by atoms with Crippen molar-refractivity contribution in [2.75, 3.05) is 51.6 Å². The maximum absolute atomic E-state index is 12.2. The van der Waals surface area contributed by atoms with Crippen LogP contribution in [0.25, 0.3) is 0 Å². The monoisotopic (exact) mass is 500 g/mol. The molecule has 2 fully saturated rings. The maximum atomic E-state index is 12.2. The van der Waals surface area contributed by atoms with Crippen molar-refractivity contribution in [3.63, 3.8) is 0 Å². The van der Waals surface area contributed by atoms with E-state index in [1.807, 2.05) is 13.8 Å². The minimum absolute atomic E-state index is 0. The van der Waals surface area contributed by atoms with Crippen molar-refractivity contribution in [2.24, 2.45) is 10.9 Å². The molecule has 0 aliphatic carbocycles. The summed E-state index contributed by atoms with van der Waals surface area (Å²) in [4.78, 5) is 9.40. The Hall–Kier alpha value is -0.0900. The lowest BCUT2D eigenvalue weighted by atomic mass is 9.99. The first-order chi connectivity index (χ1) is 11.7. The molecule has 154 valence electrons. The topological polar surface area (TPSA) is 65.0 Å². The third-order valence-corrected chi connectivity index (χ3v) is 7.98. The van der Waals surface area contributed by atoms with Crippen LogP contribution >= 0.6 is 24.0 Å². The number of aliphatic imine (C=N–C) groups is 1. The van der Waals surface area contributed by atoms with Gasteiger partial charge < -0.3 is 15.1 Å². The molecule has 0 saturated carbocycles. The van der Waals surface area contributed by atoms with Crippen molar-refractivity contribution in [3.05, 3.63) is 0 Å². The summed E-state index contributed by atoms with van der Waals surface area (Å²) in [6, 6.07) is 0. The van der Waals surface area contributed by atoms with Gasteiger partial charge in [0.25, 0.3) is 0 Å². The van der Waals surface area contributed by atoms with Gasteiger partial charge in [-0.2, -0.15) is 0 Å². The third-order valence-electron chi connectivity index (χ3n) is 5.45. The van der Waals surface area contributed by atoms with Gasteiger partial charge in [0.15, 0.2) is 15.8 Å². The number of hydrogen-bond acceptors (Lipinski definition) is 4. The Labute approximate surface area is 177 Å². The number of hydrogen-bond donors (Lipinski definition) is 1. The fraction of sp³-hybridized carbons (Fsp3) is 0.944. The van der Waals surface area contributed by atoms with Gasteiger partial charge in [-0.3, -0.25) is 4.99 Å². The zero-order valence-corrected chi connectivity index (χ0v) is 20.0. The van der Waals surface area contributed by atoms with E-state index in [4.69, 9.17) is 4.99 Å². The van der Waals surface area contributed by atoms with Crippen molar-refractivity contribution in [2.45, 2.75) is 51.7 Å². The summed E-state index contributed by atoms with van der Waals surface area (Å²) >= 11 is 0. The van der Waals surface area contributed by atoms with E-state index in [2.05, 4.69) is 29.0 Å². The molecule has 0 atom stereocenters. The maximum Gasteiger partial charge on any atom is 0.193 e. The molecule has 0 aromatic heterocycles. The summed E-state index contributed by atoms with van der Waals surface area (Å²) in [6.07, 6.45) is 3.67. The SMILES string of the molecule is CCNC(=NCCCN1CCC(C)CC1)N1CCS(=O)(=O)C(C)(C)C1.I. The lowest BCUT2D eigenvalue weighted by Crippen LogP contribution is -2.57. The number of sulfone groups is 1. The van der Waals surface area contributed by atoms with Crippen LogP contribution in [0.5, 0.6) is 0 Å². The van der Waals surface area contributed by atoms with Crippen LogP contribution in [0.4, 0.5) is 0 Å². The van der Waals surface area contributed by atoms with Crippen LogP contribution in [0.3, 0.4) is 0 Å². The zero-order chi connectivity index (χ0) is 18.5. The average Bonchev–Trinajstić information content (AvgIpc) is 2.55. The van der Waals surface area contributed by atoms with Crippen LogP contribution in [0.15, 0.2) is 4.99 Å². The van der Waals surface area contributed by atoms with E-state index < -0.39 is 14.6 Å². The van der Waals surface area contributed by atoms with Crippen LogP contribution in [-0.4, -0.2) is 80.5 Å².